The fraction of sp³-hybridized carbons (Fsp3) is 0.850. The Hall–Kier alpha value is -0.870. The van der Waals surface area contributed by atoms with Crippen LogP contribution in [0.5, 0.6) is 0 Å². The van der Waals surface area contributed by atoms with Crippen molar-refractivity contribution >= 4 is 5.97 Å². The van der Waals surface area contributed by atoms with E-state index in [9.17, 15) is 20.1 Å². The van der Waals surface area contributed by atoms with Crippen molar-refractivity contribution in [2.24, 2.45) is 28.1 Å². The number of hydrogen-bond acceptors (Lipinski definition) is 3. The molecule has 4 aliphatic rings. The second kappa shape index (κ2) is 4.85. The van der Waals surface area contributed by atoms with Gasteiger partial charge in [-0.25, -0.2) is 0 Å². The molecule has 0 saturated heterocycles. The Balaban J connectivity index is 1.77. The van der Waals surface area contributed by atoms with Gasteiger partial charge in [-0.15, -0.1) is 0 Å². The maximum atomic E-state index is 12.0. The minimum atomic E-state index is -0.952. The second-order valence-electron chi connectivity index (χ2n) is 9.56. The summed E-state index contributed by atoms with van der Waals surface area (Å²) in [7, 11) is 0. The maximum absolute atomic E-state index is 12.0. The van der Waals surface area contributed by atoms with Gasteiger partial charge in [-0.3, -0.25) is 4.79 Å². The van der Waals surface area contributed by atoms with Crippen LogP contribution in [0, 0.1) is 28.1 Å². The first-order chi connectivity index (χ1) is 11.2. The van der Waals surface area contributed by atoms with Crippen molar-refractivity contribution in [3.8, 4) is 0 Å². The standard InChI is InChI=1S/C20H30O4/c1-17-7-3-8-18(2,16(22)23)14(17)6-9-19-10-13(4-5-15(17)19)20(24,11-19)12-21/h5,13-14,21,24H,3-4,6-12H2,1-2H3,(H,22,23). The average molecular weight is 334 g/mol. The second-order valence-corrected chi connectivity index (χ2v) is 9.56. The van der Waals surface area contributed by atoms with Gasteiger partial charge in [0, 0.05) is 0 Å². The van der Waals surface area contributed by atoms with Crippen LogP contribution in [0.1, 0.15) is 65.2 Å². The molecule has 0 amide bonds. The van der Waals surface area contributed by atoms with Gasteiger partial charge in [0.1, 0.15) is 0 Å². The van der Waals surface area contributed by atoms with E-state index in [1.54, 1.807) is 0 Å². The van der Waals surface area contributed by atoms with Gasteiger partial charge >= 0.3 is 5.97 Å². The van der Waals surface area contributed by atoms with Crippen LogP contribution in [0.4, 0.5) is 0 Å². The Kier molecular flexibility index (Phi) is 3.35. The molecule has 0 aromatic carbocycles. The minimum Gasteiger partial charge on any atom is -0.481 e. The van der Waals surface area contributed by atoms with Gasteiger partial charge in [0.15, 0.2) is 0 Å². The molecule has 134 valence electrons. The number of fused-ring (bicyclic) bond motifs is 3. The summed E-state index contributed by atoms with van der Waals surface area (Å²) >= 11 is 0. The van der Waals surface area contributed by atoms with E-state index in [4.69, 9.17) is 0 Å². The quantitative estimate of drug-likeness (QED) is 0.678. The molecule has 0 aliphatic heterocycles. The Bertz CT molecular complexity index is 613. The number of carboxylic acid groups (broad SMARTS) is 1. The van der Waals surface area contributed by atoms with E-state index in [0.717, 1.165) is 44.9 Å². The molecule has 3 N–H and O–H groups in total. The fourth-order valence-corrected chi connectivity index (χ4v) is 7.31. The smallest absolute Gasteiger partial charge is 0.309 e. The van der Waals surface area contributed by atoms with Crippen LogP contribution in [0.15, 0.2) is 11.6 Å². The molecule has 4 rings (SSSR count). The number of rotatable bonds is 2. The number of carbonyl (C=O) groups is 1. The summed E-state index contributed by atoms with van der Waals surface area (Å²) in [6.07, 6.45) is 9.41. The molecule has 1 spiro atoms. The van der Waals surface area contributed by atoms with Gasteiger partial charge in [0.05, 0.1) is 17.6 Å². The van der Waals surface area contributed by atoms with Crippen molar-refractivity contribution in [3.63, 3.8) is 0 Å². The SMILES string of the molecule is CC1(C(=O)O)CCCC2(C)C3=CCC4CC3(CCC12)CC4(O)CO. The lowest BCUT2D eigenvalue weighted by molar-refractivity contribution is -0.161. The largest absolute Gasteiger partial charge is 0.481 e. The summed E-state index contributed by atoms with van der Waals surface area (Å²) in [6, 6.07) is 0. The Labute approximate surface area is 144 Å². The molecule has 3 fully saturated rings. The van der Waals surface area contributed by atoms with Gasteiger partial charge in [0.2, 0.25) is 0 Å². The number of allylic oxidation sites excluding steroid dienone is 2. The van der Waals surface area contributed by atoms with Crippen molar-refractivity contribution < 1.29 is 20.1 Å². The van der Waals surface area contributed by atoms with E-state index in [1.807, 2.05) is 6.92 Å². The lowest BCUT2D eigenvalue weighted by Crippen LogP contribution is -2.54. The maximum Gasteiger partial charge on any atom is 0.309 e. The molecular formula is C20H30O4. The van der Waals surface area contributed by atoms with Crippen LogP contribution < -0.4 is 0 Å². The van der Waals surface area contributed by atoms with E-state index in [0.29, 0.717) is 6.42 Å². The molecule has 6 unspecified atom stereocenters. The van der Waals surface area contributed by atoms with Gasteiger partial charge in [-0.1, -0.05) is 25.0 Å². The highest BCUT2D eigenvalue weighted by Crippen LogP contribution is 2.71. The molecule has 4 nitrogen and oxygen atoms in total. The van der Waals surface area contributed by atoms with Crippen molar-refractivity contribution in [2.45, 2.75) is 70.8 Å². The Morgan fingerprint density at radius 1 is 1.29 bits per heavy atom. The summed E-state index contributed by atoms with van der Waals surface area (Å²) in [5.41, 5.74) is -0.263. The van der Waals surface area contributed by atoms with Gasteiger partial charge < -0.3 is 15.3 Å². The molecule has 0 heterocycles. The number of hydrogen-bond donors (Lipinski definition) is 3. The molecule has 0 radical (unpaired) electrons. The number of carboxylic acids is 1. The zero-order valence-corrected chi connectivity index (χ0v) is 14.8. The monoisotopic (exact) mass is 334 g/mol. The van der Waals surface area contributed by atoms with Crippen molar-refractivity contribution in [3.05, 3.63) is 11.6 Å². The highest BCUT2D eigenvalue weighted by molar-refractivity contribution is 5.75. The first-order valence-corrected chi connectivity index (χ1v) is 9.48. The van der Waals surface area contributed by atoms with Crippen LogP contribution >= 0.6 is 0 Å². The van der Waals surface area contributed by atoms with Crippen molar-refractivity contribution in [1.29, 1.82) is 0 Å². The van der Waals surface area contributed by atoms with E-state index >= 15 is 0 Å². The summed E-state index contributed by atoms with van der Waals surface area (Å²) in [5, 5.41) is 30.6. The lowest BCUT2D eigenvalue weighted by atomic mass is 9.44. The van der Waals surface area contributed by atoms with Gasteiger partial charge in [-0.2, -0.15) is 0 Å². The third-order valence-electron chi connectivity index (χ3n) is 8.44. The zero-order chi connectivity index (χ0) is 17.4. The Morgan fingerprint density at radius 2 is 2.04 bits per heavy atom. The minimum absolute atomic E-state index is 0.0115. The summed E-state index contributed by atoms with van der Waals surface area (Å²) < 4.78 is 0. The molecule has 4 heteroatoms. The molecular weight excluding hydrogens is 304 g/mol. The van der Waals surface area contributed by atoms with E-state index in [-0.39, 0.29) is 29.3 Å². The normalized spacial score (nSPS) is 53.1. The van der Waals surface area contributed by atoms with Crippen LogP contribution in [-0.2, 0) is 4.79 Å². The molecule has 2 bridgehead atoms. The molecule has 6 atom stereocenters. The molecule has 24 heavy (non-hydrogen) atoms. The number of aliphatic carboxylic acids is 1. The third-order valence-corrected chi connectivity index (χ3v) is 8.44. The highest BCUT2D eigenvalue weighted by Gasteiger charge is 2.65. The van der Waals surface area contributed by atoms with Crippen molar-refractivity contribution in [2.75, 3.05) is 6.61 Å². The highest BCUT2D eigenvalue weighted by atomic mass is 16.4. The predicted octanol–water partition coefficient (Wildman–Crippen LogP) is 3.13. The number of aliphatic hydroxyl groups is 2. The summed E-state index contributed by atoms with van der Waals surface area (Å²) in [4.78, 5) is 12.0. The average Bonchev–Trinajstić information content (AvgIpc) is 2.73. The molecule has 0 aromatic heterocycles. The van der Waals surface area contributed by atoms with Gasteiger partial charge in [0.25, 0.3) is 0 Å². The zero-order valence-electron chi connectivity index (χ0n) is 14.8. The van der Waals surface area contributed by atoms with Crippen molar-refractivity contribution in [1.82, 2.24) is 0 Å². The Morgan fingerprint density at radius 3 is 2.71 bits per heavy atom. The fourth-order valence-electron chi connectivity index (χ4n) is 7.31. The summed E-state index contributed by atoms with van der Waals surface area (Å²) in [5.74, 6) is -0.324. The molecule has 4 aliphatic carbocycles. The van der Waals surface area contributed by atoms with Crippen LogP contribution in [0.25, 0.3) is 0 Å². The topological polar surface area (TPSA) is 77.8 Å². The third kappa shape index (κ3) is 1.84. The van der Waals surface area contributed by atoms with Gasteiger partial charge in [-0.05, 0) is 74.5 Å². The lowest BCUT2D eigenvalue weighted by Gasteiger charge is -2.60. The van der Waals surface area contributed by atoms with Crippen LogP contribution in [0.2, 0.25) is 0 Å². The first-order valence-electron chi connectivity index (χ1n) is 9.48. The van der Waals surface area contributed by atoms with E-state index in [1.165, 1.54) is 5.57 Å². The predicted molar refractivity (Wildman–Crippen MR) is 90.3 cm³/mol. The van der Waals surface area contributed by atoms with E-state index < -0.39 is 17.0 Å². The summed E-state index contributed by atoms with van der Waals surface area (Å²) in [6.45, 7) is 4.06. The van der Waals surface area contributed by atoms with Crippen LogP contribution in [0.3, 0.4) is 0 Å². The molecule has 3 saturated carbocycles. The molecule has 0 aromatic rings. The van der Waals surface area contributed by atoms with Crippen LogP contribution in [-0.4, -0.2) is 33.5 Å². The van der Waals surface area contributed by atoms with E-state index in [2.05, 4.69) is 13.0 Å². The number of aliphatic hydroxyl groups excluding tert-OH is 1. The first kappa shape index (κ1) is 16.6.